The molecule has 0 heterocycles. The van der Waals surface area contributed by atoms with E-state index < -0.39 is 5.91 Å². The number of hydrogen-bond acceptors (Lipinski definition) is 2. The van der Waals surface area contributed by atoms with Crippen molar-refractivity contribution in [3.8, 4) is 0 Å². The van der Waals surface area contributed by atoms with Crippen LogP contribution in [0.15, 0.2) is 54.6 Å². The van der Waals surface area contributed by atoms with E-state index in [1.165, 1.54) is 6.08 Å². The zero-order valence-electron chi connectivity index (χ0n) is 12.0. The van der Waals surface area contributed by atoms with E-state index in [2.05, 4.69) is 10.9 Å². The predicted molar refractivity (Wildman–Crippen MR) is 87.3 cm³/mol. The second-order valence-corrected chi connectivity index (χ2v) is 5.07. The number of aryl methyl sites for hydroxylation is 1. The molecule has 0 saturated carbocycles. The summed E-state index contributed by atoms with van der Waals surface area (Å²) in [5, 5.41) is 0.551. The highest BCUT2D eigenvalue weighted by atomic mass is 35.5. The van der Waals surface area contributed by atoms with Crippen molar-refractivity contribution in [1.82, 2.24) is 10.9 Å². The van der Waals surface area contributed by atoms with Gasteiger partial charge in [-0.3, -0.25) is 20.4 Å². The molecule has 0 atom stereocenters. The summed E-state index contributed by atoms with van der Waals surface area (Å²) in [5.41, 5.74) is 6.92. The first-order valence-corrected chi connectivity index (χ1v) is 7.03. The zero-order valence-corrected chi connectivity index (χ0v) is 12.7. The first-order valence-electron chi connectivity index (χ1n) is 6.66. The molecule has 0 spiro atoms. The van der Waals surface area contributed by atoms with Gasteiger partial charge < -0.3 is 0 Å². The third-order valence-corrected chi connectivity index (χ3v) is 3.28. The number of amides is 2. The van der Waals surface area contributed by atoms with Crippen molar-refractivity contribution in [3.63, 3.8) is 0 Å². The molecule has 0 aliphatic rings. The SMILES string of the molecule is Cc1ccc(C(=O)NNC(=O)/C=C/c2ccccc2Cl)cc1. The molecule has 0 aromatic heterocycles. The molecule has 4 nitrogen and oxygen atoms in total. The fraction of sp³-hybridized carbons (Fsp3) is 0.0588. The van der Waals surface area contributed by atoms with Gasteiger partial charge in [-0.2, -0.15) is 0 Å². The highest BCUT2D eigenvalue weighted by molar-refractivity contribution is 6.32. The van der Waals surface area contributed by atoms with Crippen LogP contribution in [0.2, 0.25) is 5.02 Å². The lowest BCUT2D eigenvalue weighted by Crippen LogP contribution is -2.40. The molecule has 0 radical (unpaired) electrons. The van der Waals surface area contributed by atoms with Crippen LogP contribution in [0.1, 0.15) is 21.5 Å². The van der Waals surface area contributed by atoms with Crippen LogP contribution in [0.3, 0.4) is 0 Å². The van der Waals surface area contributed by atoms with Crippen molar-refractivity contribution >= 4 is 29.5 Å². The Morgan fingerprint density at radius 1 is 1.00 bits per heavy atom. The molecule has 0 saturated heterocycles. The van der Waals surface area contributed by atoms with Crippen LogP contribution in [-0.4, -0.2) is 11.8 Å². The van der Waals surface area contributed by atoms with Crippen LogP contribution in [0.25, 0.3) is 6.08 Å². The van der Waals surface area contributed by atoms with E-state index in [0.29, 0.717) is 10.6 Å². The van der Waals surface area contributed by atoms with E-state index in [1.54, 1.807) is 30.3 Å². The van der Waals surface area contributed by atoms with Gasteiger partial charge >= 0.3 is 0 Å². The minimum absolute atomic E-state index is 0.375. The van der Waals surface area contributed by atoms with Crippen molar-refractivity contribution in [1.29, 1.82) is 0 Å². The molecule has 2 amide bonds. The van der Waals surface area contributed by atoms with E-state index in [0.717, 1.165) is 11.1 Å². The van der Waals surface area contributed by atoms with Gasteiger partial charge in [0.2, 0.25) is 0 Å². The number of nitrogens with one attached hydrogen (secondary N) is 2. The molecule has 2 aromatic carbocycles. The lowest BCUT2D eigenvalue weighted by atomic mass is 10.1. The number of hydrazine groups is 1. The summed E-state index contributed by atoms with van der Waals surface area (Å²) in [4.78, 5) is 23.5. The Bertz CT molecular complexity index is 709. The molecular weight excluding hydrogens is 300 g/mol. The molecule has 0 aliphatic carbocycles. The smallest absolute Gasteiger partial charge is 0.268 e. The summed E-state index contributed by atoms with van der Waals surface area (Å²) in [6.45, 7) is 1.93. The van der Waals surface area contributed by atoms with Gasteiger partial charge in [-0.15, -0.1) is 0 Å². The van der Waals surface area contributed by atoms with Gasteiger partial charge in [0.25, 0.3) is 11.8 Å². The van der Waals surface area contributed by atoms with E-state index in [-0.39, 0.29) is 5.91 Å². The molecule has 0 unspecified atom stereocenters. The Morgan fingerprint density at radius 2 is 1.68 bits per heavy atom. The molecular formula is C17H15ClN2O2. The van der Waals surface area contributed by atoms with Crippen molar-refractivity contribution < 1.29 is 9.59 Å². The Balaban J connectivity index is 1.89. The van der Waals surface area contributed by atoms with Crippen LogP contribution < -0.4 is 10.9 Å². The third-order valence-electron chi connectivity index (χ3n) is 2.93. The van der Waals surface area contributed by atoms with Gasteiger partial charge in [-0.05, 0) is 36.8 Å². The van der Waals surface area contributed by atoms with Gasteiger partial charge in [0, 0.05) is 16.7 Å². The van der Waals surface area contributed by atoms with Gasteiger partial charge in [0.1, 0.15) is 0 Å². The number of benzene rings is 2. The standard InChI is InChI=1S/C17H15ClN2O2/c1-12-6-8-14(9-7-12)17(22)20-19-16(21)11-10-13-4-2-3-5-15(13)18/h2-11H,1H3,(H,19,21)(H,20,22)/b11-10+. The summed E-state index contributed by atoms with van der Waals surface area (Å²) in [6, 6.07) is 14.2. The average Bonchev–Trinajstić information content (AvgIpc) is 2.52. The molecule has 2 aromatic rings. The van der Waals surface area contributed by atoms with Gasteiger partial charge in [-0.25, -0.2) is 0 Å². The molecule has 112 valence electrons. The van der Waals surface area contributed by atoms with Gasteiger partial charge in [0.15, 0.2) is 0 Å². The van der Waals surface area contributed by atoms with Crippen LogP contribution in [0.4, 0.5) is 0 Å². The Labute approximate surface area is 133 Å². The third kappa shape index (κ3) is 4.46. The topological polar surface area (TPSA) is 58.2 Å². The molecule has 0 aliphatic heterocycles. The van der Waals surface area contributed by atoms with Crippen LogP contribution in [-0.2, 0) is 4.79 Å². The van der Waals surface area contributed by atoms with Crippen molar-refractivity contribution in [2.24, 2.45) is 0 Å². The van der Waals surface area contributed by atoms with Crippen molar-refractivity contribution in [2.75, 3.05) is 0 Å². The number of rotatable bonds is 3. The first-order chi connectivity index (χ1) is 10.6. The number of halogens is 1. The molecule has 5 heteroatoms. The van der Waals surface area contributed by atoms with Crippen LogP contribution >= 0.6 is 11.6 Å². The summed E-state index contributed by atoms with van der Waals surface area (Å²) in [7, 11) is 0. The first kappa shape index (κ1) is 15.8. The minimum Gasteiger partial charge on any atom is -0.268 e. The predicted octanol–water partition coefficient (Wildman–Crippen LogP) is 3.12. The van der Waals surface area contributed by atoms with Crippen molar-refractivity contribution in [3.05, 3.63) is 76.3 Å². The van der Waals surface area contributed by atoms with E-state index >= 15 is 0 Å². The number of carbonyl (C=O) groups is 2. The highest BCUT2D eigenvalue weighted by Crippen LogP contribution is 2.15. The Morgan fingerprint density at radius 3 is 2.36 bits per heavy atom. The zero-order chi connectivity index (χ0) is 15.9. The van der Waals surface area contributed by atoms with Gasteiger partial charge in [0.05, 0.1) is 0 Å². The highest BCUT2D eigenvalue weighted by Gasteiger charge is 2.05. The monoisotopic (exact) mass is 314 g/mol. The fourth-order valence-electron chi connectivity index (χ4n) is 1.71. The number of carbonyl (C=O) groups excluding carboxylic acids is 2. The second-order valence-electron chi connectivity index (χ2n) is 4.66. The van der Waals surface area contributed by atoms with Crippen LogP contribution in [0.5, 0.6) is 0 Å². The molecule has 2 N–H and O–H groups in total. The Kier molecular flexibility index (Phi) is 5.33. The molecule has 0 bridgehead atoms. The van der Waals surface area contributed by atoms with E-state index in [4.69, 9.17) is 11.6 Å². The van der Waals surface area contributed by atoms with Crippen molar-refractivity contribution in [2.45, 2.75) is 6.92 Å². The fourth-order valence-corrected chi connectivity index (χ4v) is 1.91. The van der Waals surface area contributed by atoms with E-state index in [9.17, 15) is 9.59 Å². The molecule has 22 heavy (non-hydrogen) atoms. The summed E-state index contributed by atoms with van der Waals surface area (Å²) in [6.07, 6.45) is 2.88. The van der Waals surface area contributed by atoms with Gasteiger partial charge in [-0.1, -0.05) is 47.5 Å². The Hall–Kier alpha value is -2.59. The lowest BCUT2D eigenvalue weighted by Gasteiger charge is -2.05. The summed E-state index contributed by atoms with van der Waals surface area (Å²) >= 11 is 5.98. The maximum atomic E-state index is 11.8. The summed E-state index contributed by atoms with van der Waals surface area (Å²) in [5.74, 6) is -0.820. The normalized spacial score (nSPS) is 10.5. The largest absolute Gasteiger partial charge is 0.269 e. The van der Waals surface area contributed by atoms with Crippen LogP contribution in [0, 0.1) is 6.92 Å². The second kappa shape index (κ2) is 7.43. The molecule has 2 rings (SSSR count). The minimum atomic E-state index is -0.444. The van der Waals surface area contributed by atoms with E-state index in [1.807, 2.05) is 31.2 Å². The maximum Gasteiger partial charge on any atom is 0.269 e. The maximum absolute atomic E-state index is 11.8. The molecule has 0 fully saturated rings. The quantitative estimate of drug-likeness (QED) is 0.675. The lowest BCUT2D eigenvalue weighted by molar-refractivity contribution is -0.117. The average molecular weight is 315 g/mol. The number of hydrogen-bond donors (Lipinski definition) is 2. The summed E-state index contributed by atoms with van der Waals surface area (Å²) < 4.78 is 0.